The van der Waals surface area contributed by atoms with Crippen molar-refractivity contribution in [1.82, 2.24) is 20.5 Å². The Morgan fingerprint density at radius 3 is 3.18 bits per heavy atom. The van der Waals surface area contributed by atoms with Crippen molar-refractivity contribution in [1.29, 1.82) is 0 Å². The van der Waals surface area contributed by atoms with E-state index >= 15 is 0 Å². The van der Waals surface area contributed by atoms with Gasteiger partial charge in [0.15, 0.2) is 0 Å². The van der Waals surface area contributed by atoms with Gasteiger partial charge in [-0.3, -0.25) is 14.6 Å². The molecule has 6 heteroatoms. The number of aryl methyl sites for hydroxylation is 1. The van der Waals surface area contributed by atoms with Gasteiger partial charge in [-0.25, -0.2) is 5.10 Å². The molecule has 1 amide bonds. The first-order valence-electron chi connectivity index (χ1n) is 7.17. The van der Waals surface area contributed by atoms with Crippen LogP contribution in [0.5, 0.6) is 0 Å². The SMILES string of the molecule is O=C(/C=C/c1cccnc1)N[C@@H]1CCc2n[nH]c(=O)cc2C1. The fourth-order valence-corrected chi connectivity index (χ4v) is 2.56. The lowest BCUT2D eigenvalue weighted by Gasteiger charge is -2.23. The molecular weight excluding hydrogens is 280 g/mol. The number of pyridine rings is 1. The first-order chi connectivity index (χ1) is 10.7. The first kappa shape index (κ1) is 14.2. The standard InChI is InChI=1S/C16H16N4O2/c21-15(6-3-11-2-1-7-17-10-11)18-13-4-5-14-12(8-13)9-16(22)20-19-14/h1-3,6-7,9-10,13H,4-5,8H2,(H,18,21)(H,20,22)/b6-3+/t13-/m1/s1. The van der Waals surface area contributed by atoms with Crippen LogP contribution in [0.1, 0.15) is 23.2 Å². The van der Waals surface area contributed by atoms with E-state index in [2.05, 4.69) is 20.5 Å². The topological polar surface area (TPSA) is 87.7 Å². The van der Waals surface area contributed by atoms with Gasteiger partial charge in [-0.2, -0.15) is 5.10 Å². The Morgan fingerprint density at radius 2 is 2.36 bits per heavy atom. The maximum atomic E-state index is 12.0. The highest BCUT2D eigenvalue weighted by atomic mass is 16.1. The molecule has 2 aromatic rings. The van der Waals surface area contributed by atoms with E-state index in [9.17, 15) is 9.59 Å². The third-order valence-corrected chi connectivity index (χ3v) is 3.63. The first-order valence-corrected chi connectivity index (χ1v) is 7.17. The molecule has 1 atom stereocenters. The highest BCUT2D eigenvalue weighted by molar-refractivity contribution is 5.91. The van der Waals surface area contributed by atoms with Gasteiger partial charge in [0.25, 0.3) is 5.56 Å². The molecule has 3 rings (SSSR count). The molecule has 0 aromatic carbocycles. The molecule has 0 unspecified atom stereocenters. The van der Waals surface area contributed by atoms with Crippen molar-refractivity contribution in [2.75, 3.05) is 0 Å². The van der Waals surface area contributed by atoms with E-state index in [1.165, 1.54) is 6.08 Å². The van der Waals surface area contributed by atoms with E-state index < -0.39 is 0 Å². The quantitative estimate of drug-likeness (QED) is 0.822. The molecule has 0 aliphatic heterocycles. The maximum absolute atomic E-state index is 12.0. The molecule has 2 N–H and O–H groups in total. The van der Waals surface area contributed by atoms with Gasteiger partial charge in [-0.05, 0) is 42.5 Å². The van der Waals surface area contributed by atoms with Crippen molar-refractivity contribution in [2.24, 2.45) is 0 Å². The van der Waals surface area contributed by atoms with Crippen molar-refractivity contribution in [2.45, 2.75) is 25.3 Å². The Labute approximate surface area is 127 Å². The van der Waals surface area contributed by atoms with Crippen LogP contribution in [0.4, 0.5) is 0 Å². The van der Waals surface area contributed by atoms with Crippen molar-refractivity contribution in [3.8, 4) is 0 Å². The van der Waals surface area contributed by atoms with Crippen LogP contribution < -0.4 is 10.9 Å². The summed E-state index contributed by atoms with van der Waals surface area (Å²) in [6, 6.07) is 5.29. The van der Waals surface area contributed by atoms with Crippen molar-refractivity contribution < 1.29 is 4.79 Å². The Kier molecular flexibility index (Phi) is 4.09. The van der Waals surface area contributed by atoms with Crippen molar-refractivity contribution >= 4 is 12.0 Å². The van der Waals surface area contributed by atoms with Gasteiger partial charge in [-0.1, -0.05) is 6.07 Å². The van der Waals surface area contributed by atoms with E-state index in [4.69, 9.17) is 0 Å². The molecule has 2 heterocycles. The van der Waals surface area contributed by atoms with E-state index in [-0.39, 0.29) is 17.5 Å². The van der Waals surface area contributed by atoms with Crippen molar-refractivity contribution in [3.05, 3.63) is 63.8 Å². The lowest BCUT2D eigenvalue weighted by atomic mass is 9.92. The number of fused-ring (bicyclic) bond motifs is 1. The van der Waals surface area contributed by atoms with Gasteiger partial charge in [-0.15, -0.1) is 0 Å². The Hall–Kier alpha value is -2.76. The normalized spacial score (nSPS) is 17.2. The number of nitrogens with zero attached hydrogens (tertiary/aromatic N) is 2. The van der Waals surface area contributed by atoms with E-state index in [0.717, 1.165) is 29.7 Å². The second-order valence-electron chi connectivity index (χ2n) is 5.27. The molecule has 0 radical (unpaired) electrons. The molecule has 0 spiro atoms. The maximum Gasteiger partial charge on any atom is 0.264 e. The third kappa shape index (κ3) is 3.46. The van der Waals surface area contributed by atoms with E-state index in [1.54, 1.807) is 24.5 Å². The molecule has 1 aliphatic rings. The average molecular weight is 296 g/mol. The van der Waals surface area contributed by atoms with Crippen molar-refractivity contribution in [3.63, 3.8) is 0 Å². The zero-order valence-electron chi connectivity index (χ0n) is 12.0. The molecule has 0 saturated heterocycles. The van der Waals surface area contributed by atoms with E-state index in [0.29, 0.717) is 6.42 Å². The summed E-state index contributed by atoms with van der Waals surface area (Å²) in [6.07, 6.45) is 8.82. The van der Waals surface area contributed by atoms with Crippen LogP contribution in [0.3, 0.4) is 0 Å². The largest absolute Gasteiger partial charge is 0.349 e. The fourth-order valence-electron chi connectivity index (χ4n) is 2.56. The number of hydrogen-bond acceptors (Lipinski definition) is 4. The number of nitrogens with one attached hydrogen (secondary N) is 2. The second-order valence-corrected chi connectivity index (χ2v) is 5.27. The Bertz CT molecular complexity index is 752. The predicted octanol–water partition coefficient (Wildman–Crippen LogP) is 0.852. The molecule has 0 bridgehead atoms. The van der Waals surface area contributed by atoms with Gasteiger partial charge in [0.2, 0.25) is 5.91 Å². The summed E-state index contributed by atoms with van der Waals surface area (Å²) >= 11 is 0. The smallest absolute Gasteiger partial charge is 0.264 e. The highest BCUT2D eigenvalue weighted by Crippen LogP contribution is 2.17. The van der Waals surface area contributed by atoms with Gasteiger partial charge < -0.3 is 5.32 Å². The number of rotatable bonds is 3. The zero-order valence-corrected chi connectivity index (χ0v) is 12.0. The summed E-state index contributed by atoms with van der Waals surface area (Å²) in [5, 5.41) is 9.44. The number of aromatic amines is 1. The van der Waals surface area contributed by atoms with Gasteiger partial charge >= 0.3 is 0 Å². The Balaban J connectivity index is 1.61. The van der Waals surface area contributed by atoms with Crippen LogP contribution in [-0.2, 0) is 17.6 Å². The minimum Gasteiger partial charge on any atom is -0.349 e. The molecule has 112 valence electrons. The lowest BCUT2D eigenvalue weighted by molar-refractivity contribution is -0.117. The lowest BCUT2D eigenvalue weighted by Crippen LogP contribution is -2.38. The summed E-state index contributed by atoms with van der Waals surface area (Å²) in [7, 11) is 0. The third-order valence-electron chi connectivity index (χ3n) is 3.63. The van der Waals surface area contributed by atoms with Gasteiger partial charge in [0.1, 0.15) is 0 Å². The van der Waals surface area contributed by atoms with Gasteiger partial charge in [0, 0.05) is 30.6 Å². The van der Waals surface area contributed by atoms with Crippen LogP contribution in [0.25, 0.3) is 6.08 Å². The fraction of sp³-hybridized carbons (Fsp3) is 0.250. The number of hydrogen-bond donors (Lipinski definition) is 2. The summed E-state index contributed by atoms with van der Waals surface area (Å²) < 4.78 is 0. The van der Waals surface area contributed by atoms with Crippen LogP contribution >= 0.6 is 0 Å². The molecule has 2 aromatic heterocycles. The molecular formula is C16H16N4O2. The summed E-state index contributed by atoms with van der Waals surface area (Å²) in [6.45, 7) is 0. The van der Waals surface area contributed by atoms with Crippen LogP contribution in [0.2, 0.25) is 0 Å². The minimum absolute atomic E-state index is 0.0298. The molecule has 0 saturated carbocycles. The number of carbonyl (C=O) groups is 1. The Morgan fingerprint density at radius 1 is 1.45 bits per heavy atom. The summed E-state index contributed by atoms with van der Waals surface area (Å²) in [5.41, 5.74) is 2.50. The predicted molar refractivity (Wildman–Crippen MR) is 82.1 cm³/mol. The molecule has 22 heavy (non-hydrogen) atoms. The average Bonchev–Trinajstić information content (AvgIpc) is 2.53. The highest BCUT2D eigenvalue weighted by Gasteiger charge is 2.20. The number of carbonyl (C=O) groups excluding carboxylic acids is 1. The second kappa shape index (κ2) is 6.34. The number of amides is 1. The summed E-state index contributed by atoms with van der Waals surface area (Å²) in [4.78, 5) is 27.3. The minimum atomic E-state index is -0.206. The van der Waals surface area contributed by atoms with E-state index in [1.807, 2.05) is 12.1 Å². The van der Waals surface area contributed by atoms with Crippen LogP contribution in [-0.4, -0.2) is 27.1 Å². The molecule has 6 nitrogen and oxygen atoms in total. The summed E-state index contributed by atoms with van der Waals surface area (Å²) in [5.74, 6) is -0.143. The van der Waals surface area contributed by atoms with Crippen LogP contribution in [0, 0.1) is 0 Å². The van der Waals surface area contributed by atoms with Gasteiger partial charge in [0.05, 0.1) is 5.69 Å². The van der Waals surface area contributed by atoms with Crippen LogP contribution in [0.15, 0.2) is 41.5 Å². The zero-order chi connectivity index (χ0) is 15.4. The number of aromatic nitrogens is 3. The monoisotopic (exact) mass is 296 g/mol. The molecule has 1 aliphatic carbocycles. The number of H-pyrrole nitrogens is 1. The molecule has 0 fully saturated rings.